The second kappa shape index (κ2) is 8.22. The molecule has 0 saturated carbocycles. The maximum absolute atomic E-state index is 12.1. The Balaban J connectivity index is 1.75. The molecule has 0 atom stereocenters. The number of likely N-dealkylation sites (tertiary alicyclic amines) is 1. The molecule has 0 aromatic heterocycles. The zero-order chi connectivity index (χ0) is 18.4. The molecule has 1 saturated heterocycles. The van der Waals surface area contributed by atoms with Gasteiger partial charge in [-0.15, -0.1) is 0 Å². The third-order valence-electron chi connectivity index (χ3n) is 4.09. The van der Waals surface area contributed by atoms with Crippen LogP contribution < -0.4 is 0 Å². The fraction of sp³-hybridized carbons (Fsp3) is 0.438. The first-order chi connectivity index (χ1) is 11.9. The monoisotopic (exact) mass is 350 g/mol. The van der Waals surface area contributed by atoms with Crippen molar-refractivity contribution in [2.45, 2.75) is 25.9 Å². The zero-order valence-electron chi connectivity index (χ0n) is 13.4. The van der Waals surface area contributed by atoms with Crippen LogP contribution in [0, 0.1) is 16.0 Å². The molecule has 1 amide bonds. The Morgan fingerprint density at radius 1 is 1.20 bits per heavy atom. The molecule has 134 valence electrons. The van der Waals surface area contributed by atoms with Crippen molar-refractivity contribution in [3.05, 3.63) is 39.9 Å². The van der Waals surface area contributed by atoms with Crippen LogP contribution in [-0.4, -0.2) is 45.9 Å². The lowest BCUT2D eigenvalue weighted by Gasteiger charge is -2.28. The number of nitro benzene ring substituents is 1. The number of ether oxygens (including phenoxy) is 1. The molecule has 1 N–H and O–H groups in total. The summed E-state index contributed by atoms with van der Waals surface area (Å²) < 4.78 is 5.02. The van der Waals surface area contributed by atoms with Crippen molar-refractivity contribution < 1.29 is 29.2 Å². The maximum Gasteiger partial charge on any atom is 0.407 e. The lowest BCUT2D eigenvalue weighted by atomic mass is 9.91. The summed E-state index contributed by atoms with van der Waals surface area (Å²) in [6, 6.07) is 5.58. The number of nitro groups is 1. The average molecular weight is 350 g/mol. The Labute approximate surface area is 143 Å². The zero-order valence-corrected chi connectivity index (χ0v) is 13.4. The van der Waals surface area contributed by atoms with Crippen molar-refractivity contribution in [3.63, 3.8) is 0 Å². The van der Waals surface area contributed by atoms with E-state index in [0.717, 1.165) is 0 Å². The Kier molecular flexibility index (Phi) is 6.04. The van der Waals surface area contributed by atoms with E-state index in [-0.39, 0.29) is 43.5 Å². The number of rotatable bonds is 6. The highest BCUT2D eigenvalue weighted by Crippen LogP contribution is 2.20. The van der Waals surface area contributed by atoms with Gasteiger partial charge in [-0.3, -0.25) is 19.7 Å². The molecule has 1 aromatic carbocycles. The van der Waals surface area contributed by atoms with Crippen molar-refractivity contribution in [3.8, 4) is 0 Å². The fourth-order valence-electron chi connectivity index (χ4n) is 2.61. The number of hydrogen-bond donors (Lipinski definition) is 1. The molecule has 1 aliphatic rings. The van der Waals surface area contributed by atoms with Gasteiger partial charge >= 0.3 is 12.1 Å². The predicted molar refractivity (Wildman–Crippen MR) is 84.8 cm³/mol. The minimum Gasteiger partial charge on any atom is -0.465 e. The topological polar surface area (TPSA) is 127 Å². The minimum absolute atomic E-state index is 0.0574. The maximum atomic E-state index is 12.1. The molecule has 0 bridgehead atoms. The molecule has 25 heavy (non-hydrogen) atoms. The number of piperidine rings is 1. The number of Topliss-reactive ketones (excluding diaryl/α,β-unsaturated/α-hetero) is 1. The molecule has 1 aliphatic heterocycles. The van der Waals surface area contributed by atoms with Crippen molar-refractivity contribution in [1.29, 1.82) is 0 Å². The second-order valence-corrected chi connectivity index (χ2v) is 5.77. The average Bonchev–Trinajstić information content (AvgIpc) is 2.60. The van der Waals surface area contributed by atoms with Gasteiger partial charge in [-0.05, 0) is 30.5 Å². The van der Waals surface area contributed by atoms with Gasteiger partial charge in [0, 0.05) is 31.1 Å². The van der Waals surface area contributed by atoms with Gasteiger partial charge in [0.15, 0.2) is 0 Å². The Hall–Kier alpha value is -2.97. The molecule has 1 fully saturated rings. The quantitative estimate of drug-likeness (QED) is 0.360. The van der Waals surface area contributed by atoms with E-state index in [9.17, 15) is 24.5 Å². The van der Waals surface area contributed by atoms with Crippen LogP contribution in [0.4, 0.5) is 10.5 Å². The van der Waals surface area contributed by atoms with E-state index < -0.39 is 17.0 Å². The summed E-state index contributed by atoms with van der Waals surface area (Å²) in [7, 11) is 0. The van der Waals surface area contributed by atoms with E-state index in [4.69, 9.17) is 9.84 Å². The molecule has 0 radical (unpaired) electrons. The second-order valence-electron chi connectivity index (χ2n) is 5.77. The lowest BCUT2D eigenvalue weighted by Crippen LogP contribution is -2.39. The van der Waals surface area contributed by atoms with Crippen LogP contribution in [0.1, 0.15) is 24.8 Å². The predicted octanol–water partition coefficient (Wildman–Crippen LogP) is 1.99. The summed E-state index contributed by atoms with van der Waals surface area (Å²) in [5.41, 5.74) is 0.527. The molecule has 0 unspecified atom stereocenters. The third kappa shape index (κ3) is 5.27. The standard InChI is InChI=1S/C16H18N2O7/c19-14(12-5-7-17(8-6-12)16(21)22)9-15(20)25-10-11-1-3-13(4-2-11)18(23)24/h1-4,12H,5-10H2,(H,21,22). The molecule has 0 aliphatic carbocycles. The summed E-state index contributed by atoms with van der Waals surface area (Å²) in [5.74, 6) is -1.25. The molecule has 0 spiro atoms. The summed E-state index contributed by atoms with van der Waals surface area (Å²) in [6.07, 6.45) is -0.555. The van der Waals surface area contributed by atoms with Crippen LogP contribution in [0.2, 0.25) is 0 Å². The van der Waals surface area contributed by atoms with Gasteiger partial charge in [0.2, 0.25) is 0 Å². The smallest absolute Gasteiger partial charge is 0.407 e. The van der Waals surface area contributed by atoms with E-state index in [0.29, 0.717) is 18.4 Å². The molecular formula is C16H18N2O7. The summed E-state index contributed by atoms with van der Waals surface area (Å²) in [5, 5.41) is 19.4. The van der Waals surface area contributed by atoms with Crippen molar-refractivity contribution >= 4 is 23.5 Å². The van der Waals surface area contributed by atoms with Crippen LogP contribution in [0.3, 0.4) is 0 Å². The number of hydrogen-bond acceptors (Lipinski definition) is 6. The summed E-state index contributed by atoms with van der Waals surface area (Å²) >= 11 is 0. The Morgan fingerprint density at radius 2 is 1.80 bits per heavy atom. The van der Waals surface area contributed by atoms with E-state index in [1.54, 1.807) is 0 Å². The van der Waals surface area contributed by atoms with Gasteiger partial charge in [0.05, 0.1) is 4.92 Å². The van der Waals surface area contributed by atoms with Gasteiger partial charge in [0.1, 0.15) is 18.8 Å². The Bertz CT molecular complexity index is 664. The normalized spacial score (nSPS) is 14.8. The number of ketones is 1. The summed E-state index contributed by atoms with van der Waals surface area (Å²) in [6.45, 7) is 0.495. The van der Waals surface area contributed by atoms with Gasteiger partial charge in [-0.1, -0.05) is 0 Å². The Morgan fingerprint density at radius 3 is 2.32 bits per heavy atom. The largest absolute Gasteiger partial charge is 0.465 e. The van der Waals surface area contributed by atoms with Gasteiger partial charge in [-0.25, -0.2) is 4.79 Å². The number of carbonyl (C=O) groups excluding carboxylic acids is 2. The van der Waals surface area contributed by atoms with Crippen LogP contribution in [0.25, 0.3) is 0 Å². The molecule has 2 rings (SSSR count). The van der Waals surface area contributed by atoms with E-state index in [1.165, 1.54) is 29.2 Å². The van der Waals surface area contributed by atoms with Gasteiger partial charge in [0.25, 0.3) is 5.69 Å². The number of carboxylic acid groups (broad SMARTS) is 1. The lowest BCUT2D eigenvalue weighted by molar-refractivity contribution is -0.384. The number of amides is 1. The van der Waals surface area contributed by atoms with Crippen LogP contribution in [0.15, 0.2) is 24.3 Å². The first-order valence-corrected chi connectivity index (χ1v) is 7.76. The van der Waals surface area contributed by atoms with Crippen molar-refractivity contribution in [1.82, 2.24) is 4.90 Å². The fourth-order valence-corrected chi connectivity index (χ4v) is 2.61. The van der Waals surface area contributed by atoms with Crippen molar-refractivity contribution in [2.24, 2.45) is 5.92 Å². The van der Waals surface area contributed by atoms with Crippen LogP contribution >= 0.6 is 0 Å². The molecule has 1 aromatic rings. The van der Waals surface area contributed by atoms with Crippen molar-refractivity contribution in [2.75, 3.05) is 13.1 Å². The molecular weight excluding hydrogens is 332 g/mol. The number of carbonyl (C=O) groups is 3. The van der Waals surface area contributed by atoms with Crippen LogP contribution in [-0.2, 0) is 20.9 Å². The highest BCUT2D eigenvalue weighted by molar-refractivity contribution is 5.96. The van der Waals surface area contributed by atoms with Gasteiger partial charge < -0.3 is 14.7 Å². The number of benzene rings is 1. The van der Waals surface area contributed by atoms with Gasteiger partial charge in [-0.2, -0.15) is 0 Å². The summed E-state index contributed by atoms with van der Waals surface area (Å²) in [4.78, 5) is 45.9. The molecule has 9 heteroatoms. The van der Waals surface area contributed by atoms with E-state index in [2.05, 4.69) is 0 Å². The van der Waals surface area contributed by atoms with E-state index in [1.807, 2.05) is 0 Å². The van der Waals surface area contributed by atoms with E-state index >= 15 is 0 Å². The number of esters is 1. The van der Waals surface area contributed by atoms with Crippen LogP contribution in [0.5, 0.6) is 0 Å². The first kappa shape index (κ1) is 18.4. The number of non-ortho nitro benzene ring substituents is 1. The molecule has 9 nitrogen and oxygen atoms in total. The highest BCUT2D eigenvalue weighted by atomic mass is 16.6. The highest BCUT2D eigenvalue weighted by Gasteiger charge is 2.28. The first-order valence-electron chi connectivity index (χ1n) is 7.76. The third-order valence-corrected chi connectivity index (χ3v) is 4.09. The SMILES string of the molecule is O=C(CC(=O)C1CCN(C(=O)O)CC1)OCc1ccc([N+](=O)[O-])cc1. The molecule has 1 heterocycles. The minimum atomic E-state index is -1.01. The number of nitrogens with zero attached hydrogens (tertiary/aromatic N) is 2.